The van der Waals surface area contributed by atoms with Crippen LogP contribution < -0.4 is 5.32 Å². The van der Waals surface area contributed by atoms with Gasteiger partial charge < -0.3 is 19.6 Å². The van der Waals surface area contributed by atoms with Crippen molar-refractivity contribution in [1.82, 2.24) is 5.32 Å². The normalized spacial score (nSPS) is 20.5. The standard InChI is InChI=1S/C18H19NO5/c1-11-4-6-12(7-5-11)16-14(3-2-8-23-16)19-17(20)15-9-13(10-24-15)18(21)22/h4-7,9-10,14,16H,2-3,8H2,1H3,(H,19,20)(H,21,22). The number of aryl methyl sites for hydroxylation is 1. The van der Waals surface area contributed by atoms with Crippen LogP contribution in [0.1, 0.15) is 51.0 Å². The fraction of sp³-hybridized carbons (Fsp3) is 0.333. The maximum Gasteiger partial charge on any atom is 0.338 e. The molecule has 2 unspecified atom stereocenters. The Kier molecular flexibility index (Phi) is 4.66. The molecule has 0 saturated carbocycles. The molecule has 1 saturated heterocycles. The van der Waals surface area contributed by atoms with Crippen LogP contribution in [0.5, 0.6) is 0 Å². The van der Waals surface area contributed by atoms with Crippen LogP contribution in [0.15, 0.2) is 41.0 Å². The highest BCUT2D eigenvalue weighted by molar-refractivity contribution is 5.95. The van der Waals surface area contributed by atoms with Crippen LogP contribution in [0.3, 0.4) is 0 Å². The van der Waals surface area contributed by atoms with Crippen molar-refractivity contribution in [2.45, 2.75) is 31.9 Å². The predicted octanol–water partition coefficient (Wildman–Crippen LogP) is 2.94. The lowest BCUT2D eigenvalue weighted by Gasteiger charge is -2.32. The van der Waals surface area contributed by atoms with Gasteiger partial charge in [0.2, 0.25) is 0 Å². The Labute approximate surface area is 139 Å². The zero-order chi connectivity index (χ0) is 17.1. The Bertz CT molecular complexity index is 734. The Morgan fingerprint density at radius 3 is 2.67 bits per heavy atom. The molecule has 3 rings (SSSR count). The van der Waals surface area contributed by atoms with Crippen LogP contribution in [0.4, 0.5) is 0 Å². The molecule has 2 aromatic rings. The summed E-state index contributed by atoms with van der Waals surface area (Å²) in [5.74, 6) is -1.58. The van der Waals surface area contributed by atoms with E-state index in [4.69, 9.17) is 14.3 Å². The molecule has 2 atom stereocenters. The largest absolute Gasteiger partial charge is 0.478 e. The lowest BCUT2D eigenvalue weighted by Crippen LogP contribution is -2.42. The SMILES string of the molecule is Cc1ccc(C2OCCCC2NC(=O)c2cc(C(=O)O)co2)cc1. The number of amides is 1. The van der Waals surface area contributed by atoms with Crippen molar-refractivity contribution in [3.63, 3.8) is 0 Å². The summed E-state index contributed by atoms with van der Waals surface area (Å²) in [5, 5.41) is 11.8. The first-order chi connectivity index (χ1) is 11.5. The van der Waals surface area contributed by atoms with Crippen molar-refractivity contribution in [3.8, 4) is 0 Å². The van der Waals surface area contributed by atoms with E-state index in [0.29, 0.717) is 6.61 Å². The number of ether oxygens (including phenoxy) is 1. The highest BCUT2D eigenvalue weighted by atomic mass is 16.5. The van der Waals surface area contributed by atoms with Gasteiger partial charge >= 0.3 is 5.97 Å². The summed E-state index contributed by atoms with van der Waals surface area (Å²) >= 11 is 0. The van der Waals surface area contributed by atoms with Gasteiger partial charge in [-0.2, -0.15) is 0 Å². The smallest absolute Gasteiger partial charge is 0.338 e. The van der Waals surface area contributed by atoms with Gasteiger partial charge in [-0.25, -0.2) is 4.79 Å². The molecule has 0 radical (unpaired) electrons. The Balaban J connectivity index is 1.74. The monoisotopic (exact) mass is 329 g/mol. The van der Waals surface area contributed by atoms with Crippen molar-refractivity contribution in [2.24, 2.45) is 0 Å². The van der Waals surface area contributed by atoms with Gasteiger partial charge in [-0.1, -0.05) is 29.8 Å². The van der Waals surface area contributed by atoms with Crippen LogP contribution in [0.25, 0.3) is 0 Å². The second kappa shape index (κ2) is 6.88. The zero-order valence-electron chi connectivity index (χ0n) is 13.3. The number of carboxylic acid groups (broad SMARTS) is 1. The molecule has 0 bridgehead atoms. The molecule has 1 aliphatic rings. The van der Waals surface area contributed by atoms with E-state index in [1.54, 1.807) is 0 Å². The van der Waals surface area contributed by atoms with Crippen LogP contribution in [-0.2, 0) is 4.74 Å². The van der Waals surface area contributed by atoms with Gasteiger partial charge in [0.25, 0.3) is 5.91 Å². The first kappa shape index (κ1) is 16.3. The van der Waals surface area contributed by atoms with E-state index in [-0.39, 0.29) is 23.5 Å². The summed E-state index contributed by atoms with van der Waals surface area (Å²) in [5.41, 5.74) is 2.12. The van der Waals surface area contributed by atoms with Crippen LogP contribution in [0.2, 0.25) is 0 Å². The average Bonchev–Trinajstić information content (AvgIpc) is 3.07. The van der Waals surface area contributed by atoms with E-state index in [9.17, 15) is 9.59 Å². The molecule has 6 heteroatoms. The lowest BCUT2D eigenvalue weighted by atomic mass is 9.95. The van der Waals surface area contributed by atoms with E-state index >= 15 is 0 Å². The lowest BCUT2D eigenvalue weighted by molar-refractivity contribution is -0.00973. The number of carbonyl (C=O) groups excluding carboxylic acids is 1. The Morgan fingerprint density at radius 2 is 2.00 bits per heavy atom. The third kappa shape index (κ3) is 3.49. The second-order valence-corrected chi connectivity index (χ2v) is 5.93. The summed E-state index contributed by atoms with van der Waals surface area (Å²) in [6.45, 7) is 2.66. The fourth-order valence-electron chi connectivity index (χ4n) is 2.82. The van der Waals surface area contributed by atoms with Crippen molar-refractivity contribution >= 4 is 11.9 Å². The average molecular weight is 329 g/mol. The number of aromatic carboxylic acids is 1. The molecular weight excluding hydrogens is 310 g/mol. The highest BCUT2D eigenvalue weighted by Crippen LogP contribution is 2.29. The number of carboxylic acids is 1. The molecule has 2 heterocycles. The van der Waals surface area contributed by atoms with Gasteiger partial charge in [-0.3, -0.25) is 4.79 Å². The summed E-state index contributed by atoms with van der Waals surface area (Å²) in [4.78, 5) is 23.2. The molecule has 1 amide bonds. The van der Waals surface area contributed by atoms with E-state index in [1.165, 1.54) is 6.07 Å². The summed E-state index contributed by atoms with van der Waals surface area (Å²) in [6.07, 6.45) is 2.48. The van der Waals surface area contributed by atoms with Crippen molar-refractivity contribution < 1.29 is 23.8 Å². The first-order valence-corrected chi connectivity index (χ1v) is 7.85. The first-order valence-electron chi connectivity index (χ1n) is 7.85. The summed E-state index contributed by atoms with van der Waals surface area (Å²) in [6, 6.07) is 9.06. The Morgan fingerprint density at radius 1 is 1.25 bits per heavy atom. The zero-order valence-corrected chi connectivity index (χ0v) is 13.3. The van der Waals surface area contributed by atoms with Gasteiger partial charge in [-0.15, -0.1) is 0 Å². The highest BCUT2D eigenvalue weighted by Gasteiger charge is 2.30. The maximum atomic E-state index is 12.3. The Hall–Kier alpha value is -2.60. The third-order valence-electron chi connectivity index (χ3n) is 4.11. The molecule has 126 valence electrons. The predicted molar refractivity (Wildman–Crippen MR) is 86.0 cm³/mol. The molecule has 24 heavy (non-hydrogen) atoms. The van der Waals surface area contributed by atoms with E-state index < -0.39 is 11.9 Å². The van der Waals surface area contributed by atoms with E-state index in [2.05, 4.69) is 5.32 Å². The molecule has 1 aromatic carbocycles. The third-order valence-corrected chi connectivity index (χ3v) is 4.11. The summed E-state index contributed by atoms with van der Waals surface area (Å²) < 4.78 is 10.9. The molecule has 1 aliphatic heterocycles. The molecular formula is C18H19NO5. The molecule has 1 fully saturated rings. The van der Waals surface area contributed by atoms with Gasteiger partial charge in [0.1, 0.15) is 12.4 Å². The number of furan rings is 1. The summed E-state index contributed by atoms with van der Waals surface area (Å²) in [7, 11) is 0. The molecule has 0 aliphatic carbocycles. The maximum absolute atomic E-state index is 12.3. The van der Waals surface area contributed by atoms with Crippen molar-refractivity contribution in [3.05, 3.63) is 59.0 Å². The van der Waals surface area contributed by atoms with Gasteiger partial charge in [-0.05, 0) is 25.3 Å². The van der Waals surface area contributed by atoms with Gasteiger partial charge in [0.05, 0.1) is 11.6 Å². The number of rotatable bonds is 4. The van der Waals surface area contributed by atoms with Crippen LogP contribution in [-0.4, -0.2) is 29.6 Å². The second-order valence-electron chi connectivity index (χ2n) is 5.93. The fourth-order valence-corrected chi connectivity index (χ4v) is 2.82. The van der Waals surface area contributed by atoms with Gasteiger partial charge in [0, 0.05) is 12.7 Å². The van der Waals surface area contributed by atoms with Crippen molar-refractivity contribution in [2.75, 3.05) is 6.61 Å². The number of benzene rings is 1. The number of carbonyl (C=O) groups is 2. The number of hydrogen-bond acceptors (Lipinski definition) is 4. The minimum Gasteiger partial charge on any atom is -0.478 e. The number of nitrogens with one attached hydrogen (secondary N) is 1. The minimum absolute atomic E-state index is 0.0133. The van der Waals surface area contributed by atoms with E-state index in [1.807, 2.05) is 31.2 Å². The van der Waals surface area contributed by atoms with Gasteiger partial charge in [0.15, 0.2) is 5.76 Å². The molecule has 0 spiro atoms. The number of hydrogen-bond donors (Lipinski definition) is 2. The molecule has 1 aromatic heterocycles. The van der Waals surface area contributed by atoms with Crippen LogP contribution in [0, 0.1) is 6.92 Å². The minimum atomic E-state index is -1.13. The molecule has 6 nitrogen and oxygen atoms in total. The van der Waals surface area contributed by atoms with Crippen molar-refractivity contribution in [1.29, 1.82) is 0 Å². The quantitative estimate of drug-likeness (QED) is 0.900. The van der Waals surface area contributed by atoms with Crippen LogP contribution >= 0.6 is 0 Å². The topological polar surface area (TPSA) is 88.8 Å². The molecule has 2 N–H and O–H groups in total. The van der Waals surface area contributed by atoms with E-state index in [0.717, 1.165) is 30.2 Å².